The number of ether oxygens (including phenoxy) is 1. The number of hydrogen-bond donors (Lipinski definition) is 0. The van der Waals surface area contributed by atoms with Gasteiger partial charge in [-0.25, -0.2) is 0 Å². The largest absolute Gasteiger partial charge is 0.478 e. The maximum Gasteiger partial charge on any atom is 0.183 e. The van der Waals surface area contributed by atoms with Crippen LogP contribution in [0.2, 0.25) is 0 Å². The van der Waals surface area contributed by atoms with Crippen LogP contribution in [0, 0.1) is 12.8 Å². The van der Waals surface area contributed by atoms with Gasteiger partial charge in [-0.05, 0) is 35.6 Å². The number of hydrogen-bond acceptors (Lipinski definition) is 2. The van der Waals surface area contributed by atoms with Crippen LogP contribution in [0.1, 0.15) is 27.5 Å². The zero-order valence-electron chi connectivity index (χ0n) is 13.6. The Hall–Kier alpha value is -1.48. The molecule has 0 bridgehead atoms. The van der Waals surface area contributed by atoms with Crippen molar-refractivity contribution < 1.29 is 4.74 Å². The van der Waals surface area contributed by atoms with Crippen molar-refractivity contribution in [3.63, 3.8) is 0 Å². The molecule has 1 aromatic heterocycles. The summed E-state index contributed by atoms with van der Waals surface area (Å²) in [6.45, 7) is 2.15. The lowest BCUT2D eigenvalue weighted by Gasteiger charge is -2.31. The summed E-state index contributed by atoms with van der Waals surface area (Å²) >= 11 is 15.4. The molecule has 1 aliphatic carbocycles. The molecule has 4 heteroatoms. The highest BCUT2D eigenvalue weighted by Gasteiger charge is 2.84. The van der Waals surface area contributed by atoms with Crippen LogP contribution in [0.3, 0.4) is 0 Å². The Morgan fingerprint density at radius 3 is 2.36 bits per heavy atom. The lowest BCUT2D eigenvalue weighted by atomic mass is 9.81. The second kappa shape index (κ2) is 5.26. The van der Waals surface area contributed by atoms with E-state index < -0.39 is 9.93 Å². The molecule has 1 saturated carbocycles. The highest BCUT2D eigenvalue weighted by molar-refractivity contribution is 7.10. The summed E-state index contributed by atoms with van der Waals surface area (Å²) in [5, 5.41) is 2.05. The summed E-state index contributed by atoms with van der Waals surface area (Å²) < 4.78 is 5.54. The van der Waals surface area contributed by atoms with Crippen LogP contribution in [0.25, 0.3) is 0 Å². The molecule has 0 radical (unpaired) electrons. The molecule has 3 atom stereocenters. The van der Waals surface area contributed by atoms with Crippen LogP contribution in [-0.2, 0) is 5.60 Å². The van der Waals surface area contributed by atoms with Gasteiger partial charge in [0.25, 0.3) is 0 Å². The Morgan fingerprint density at radius 1 is 0.920 bits per heavy atom. The normalized spacial score (nSPS) is 28.6. The molecule has 0 spiro atoms. The number of rotatable bonds is 2. The second-order valence-electron chi connectivity index (χ2n) is 6.79. The van der Waals surface area contributed by atoms with Gasteiger partial charge < -0.3 is 4.74 Å². The van der Waals surface area contributed by atoms with E-state index in [4.69, 9.17) is 27.9 Å². The first-order valence-corrected chi connectivity index (χ1v) is 9.96. The van der Waals surface area contributed by atoms with Crippen molar-refractivity contribution in [3.8, 4) is 5.75 Å². The molecule has 3 aromatic rings. The number of benzene rings is 2. The molecule has 0 saturated heterocycles. The first kappa shape index (κ1) is 15.7. The van der Waals surface area contributed by atoms with Crippen LogP contribution < -0.4 is 4.74 Å². The molecule has 2 aliphatic rings. The molecule has 126 valence electrons. The molecular formula is C21H16Cl2OS. The zero-order chi connectivity index (χ0) is 17.2. The Labute approximate surface area is 161 Å². The van der Waals surface area contributed by atoms with Gasteiger partial charge in [0.1, 0.15) is 5.75 Å². The van der Waals surface area contributed by atoms with Crippen molar-refractivity contribution in [2.75, 3.05) is 0 Å². The van der Waals surface area contributed by atoms with Crippen LogP contribution in [0.5, 0.6) is 5.75 Å². The number of halogens is 2. The fourth-order valence-corrected chi connectivity index (χ4v) is 6.35. The fourth-order valence-electron chi connectivity index (χ4n) is 4.31. The number of thiophene rings is 1. The highest BCUT2D eigenvalue weighted by atomic mass is 35.5. The highest BCUT2D eigenvalue weighted by Crippen LogP contribution is 2.77. The number of alkyl halides is 2. The van der Waals surface area contributed by atoms with Gasteiger partial charge in [0, 0.05) is 11.5 Å². The molecule has 1 aliphatic heterocycles. The minimum atomic E-state index is -0.955. The van der Waals surface area contributed by atoms with E-state index in [2.05, 4.69) is 54.8 Å². The van der Waals surface area contributed by atoms with Gasteiger partial charge in [0.05, 0.1) is 10.8 Å². The number of aryl methyl sites for hydroxylation is 1. The first-order chi connectivity index (χ1) is 12.1. The quantitative estimate of drug-likeness (QED) is 0.470. The minimum absolute atomic E-state index is 0.0158. The zero-order valence-corrected chi connectivity index (χ0v) is 15.9. The Balaban J connectivity index is 1.77. The SMILES string of the molecule is Cc1ccccc1[C@@H]1c2ccccc2O[C@]2(c3cccs3)[C@@H]1C2(Cl)Cl. The lowest BCUT2D eigenvalue weighted by molar-refractivity contribution is 0.141. The molecule has 1 fully saturated rings. The van der Waals surface area contributed by atoms with Gasteiger partial charge in [-0.1, -0.05) is 71.7 Å². The lowest BCUT2D eigenvalue weighted by Crippen LogP contribution is -2.28. The van der Waals surface area contributed by atoms with Crippen LogP contribution >= 0.6 is 34.5 Å². The average Bonchev–Trinajstić information content (AvgIpc) is 2.98. The Morgan fingerprint density at radius 2 is 1.64 bits per heavy atom. The Kier molecular flexibility index (Phi) is 3.31. The summed E-state index contributed by atoms with van der Waals surface area (Å²) in [7, 11) is 0. The molecule has 2 heterocycles. The molecule has 25 heavy (non-hydrogen) atoms. The van der Waals surface area contributed by atoms with E-state index >= 15 is 0 Å². The van der Waals surface area contributed by atoms with Crippen molar-refractivity contribution in [1.82, 2.24) is 0 Å². The first-order valence-electron chi connectivity index (χ1n) is 8.32. The van der Waals surface area contributed by atoms with E-state index in [-0.39, 0.29) is 11.8 Å². The van der Waals surface area contributed by atoms with E-state index in [9.17, 15) is 0 Å². The van der Waals surface area contributed by atoms with Crippen molar-refractivity contribution in [2.45, 2.75) is 22.8 Å². The van der Waals surface area contributed by atoms with Gasteiger partial charge in [0.15, 0.2) is 9.93 Å². The third kappa shape index (κ3) is 1.96. The van der Waals surface area contributed by atoms with Gasteiger partial charge in [-0.2, -0.15) is 0 Å². The number of fused-ring (bicyclic) bond motifs is 2. The molecule has 1 nitrogen and oxygen atoms in total. The van der Waals surface area contributed by atoms with Crippen molar-refractivity contribution >= 4 is 34.5 Å². The van der Waals surface area contributed by atoms with Gasteiger partial charge >= 0.3 is 0 Å². The molecule has 0 amide bonds. The average molecular weight is 387 g/mol. The van der Waals surface area contributed by atoms with E-state index in [1.165, 1.54) is 11.1 Å². The molecular weight excluding hydrogens is 371 g/mol. The third-order valence-electron chi connectivity index (χ3n) is 5.51. The topological polar surface area (TPSA) is 9.23 Å². The standard InChI is InChI=1S/C21H16Cl2OS/c1-13-7-2-3-8-14(13)18-15-9-4-5-10-16(15)24-20(17-11-6-12-25-17)19(18)21(20,22)23/h2-12,18-19H,1H3/t18-,19-,20-/m1/s1. The predicted molar refractivity (Wildman–Crippen MR) is 104 cm³/mol. The van der Waals surface area contributed by atoms with E-state index in [0.29, 0.717) is 0 Å². The van der Waals surface area contributed by atoms with E-state index in [1.54, 1.807) is 11.3 Å². The minimum Gasteiger partial charge on any atom is -0.478 e. The third-order valence-corrected chi connectivity index (χ3v) is 7.53. The van der Waals surface area contributed by atoms with Crippen LogP contribution in [-0.4, -0.2) is 4.33 Å². The summed E-state index contributed by atoms with van der Waals surface area (Å²) in [5.74, 6) is 0.977. The molecule has 2 aromatic carbocycles. The predicted octanol–water partition coefficient (Wildman–Crippen LogP) is 6.28. The van der Waals surface area contributed by atoms with Gasteiger partial charge in [0.2, 0.25) is 0 Å². The second-order valence-corrected chi connectivity index (χ2v) is 9.12. The maximum absolute atomic E-state index is 6.90. The molecule has 0 unspecified atom stereocenters. The summed E-state index contributed by atoms with van der Waals surface area (Å²) in [4.78, 5) is 1.09. The van der Waals surface area contributed by atoms with Crippen molar-refractivity contribution in [2.24, 2.45) is 5.92 Å². The smallest absolute Gasteiger partial charge is 0.183 e. The van der Waals surface area contributed by atoms with Crippen molar-refractivity contribution in [1.29, 1.82) is 0 Å². The van der Waals surface area contributed by atoms with Gasteiger partial charge in [-0.15, -0.1) is 11.3 Å². The monoisotopic (exact) mass is 386 g/mol. The summed E-state index contributed by atoms with van der Waals surface area (Å²) in [6.07, 6.45) is 0. The van der Waals surface area contributed by atoms with E-state index in [1.807, 2.05) is 18.2 Å². The van der Waals surface area contributed by atoms with Gasteiger partial charge in [-0.3, -0.25) is 0 Å². The summed E-state index contributed by atoms with van der Waals surface area (Å²) in [5.41, 5.74) is 3.01. The summed E-state index contributed by atoms with van der Waals surface area (Å²) in [6, 6.07) is 20.8. The fraction of sp³-hybridized carbons (Fsp3) is 0.238. The van der Waals surface area contributed by atoms with Crippen LogP contribution in [0.15, 0.2) is 66.0 Å². The van der Waals surface area contributed by atoms with E-state index in [0.717, 1.165) is 16.2 Å². The Bertz CT molecular complexity index is 950. The molecule has 5 rings (SSSR count). The molecule has 0 N–H and O–H groups in total. The van der Waals surface area contributed by atoms with Crippen molar-refractivity contribution in [3.05, 3.63) is 87.6 Å². The maximum atomic E-state index is 6.90. The van der Waals surface area contributed by atoms with Crippen LogP contribution in [0.4, 0.5) is 0 Å². The number of para-hydroxylation sites is 1.